The molecule has 0 aromatic heterocycles. The lowest BCUT2D eigenvalue weighted by molar-refractivity contribution is 0.0600. The van der Waals surface area contributed by atoms with Crippen molar-refractivity contribution >= 4 is 5.78 Å². The molecule has 1 aliphatic carbocycles. The van der Waals surface area contributed by atoms with Crippen molar-refractivity contribution in [1.29, 1.82) is 0 Å². The number of rotatable bonds is 6. The van der Waals surface area contributed by atoms with Gasteiger partial charge in [0.15, 0.2) is 40.6 Å². The van der Waals surface area contributed by atoms with E-state index in [0.717, 1.165) is 5.56 Å². The smallest absolute Gasteiger partial charge is 0.200 e. The SMILES string of the molecule is COc1cc2c(cc1OC)C(=O)C(CC1(F)CC3CCC1N3Cc1c(F)c(F)c(F)c(F)c1F)C2. The van der Waals surface area contributed by atoms with Gasteiger partial charge in [-0.1, -0.05) is 0 Å². The van der Waals surface area contributed by atoms with Crippen molar-refractivity contribution in [2.45, 2.75) is 56.4 Å². The van der Waals surface area contributed by atoms with Gasteiger partial charge in [-0.25, -0.2) is 26.3 Å². The van der Waals surface area contributed by atoms with Crippen LogP contribution in [-0.2, 0) is 13.0 Å². The van der Waals surface area contributed by atoms with E-state index in [-0.39, 0.29) is 18.6 Å². The summed E-state index contributed by atoms with van der Waals surface area (Å²) in [5.74, 6) is -10.1. The fourth-order valence-corrected chi connectivity index (χ4v) is 6.14. The van der Waals surface area contributed by atoms with E-state index < -0.39 is 64.9 Å². The molecule has 4 unspecified atom stereocenters. The number of methoxy groups -OCH3 is 2. The maximum absolute atomic E-state index is 16.3. The first-order valence-corrected chi connectivity index (χ1v) is 11.3. The Morgan fingerprint density at radius 3 is 2.17 bits per heavy atom. The lowest BCUT2D eigenvalue weighted by Crippen LogP contribution is -2.42. The molecule has 35 heavy (non-hydrogen) atoms. The summed E-state index contributed by atoms with van der Waals surface area (Å²) in [6, 6.07) is 2.08. The summed E-state index contributed by atoms with van der Waals surface area (Å²) in [7, 11) is 2.93. The molecule has 5 rings (SSSR count). The van der Waals surface area contributed by atoms with Gasteiger partial charge in [0.05, 0.1) is 14.2 Å². The van der Waals surface area contributed by atoms with Crippen LogP contribution in [0.25, 0.3) is 0 Å². The minimum Gasteiger partial charge on any atom is -0.493 e. The first-order chi connectivity index (χ1) is 16.6. The third-order valence-corrected chi connectivity index (χ3v) is 7.75. The van der Waals surface area contributed by atoms with Crippen LogP contribution in [0.1, 0.15) is 47.2 Å². The van der Waals surface area contributed by atoms with Crippen molar-refractivity contribution < 1.29 is 40.6 Å². The zero-order valence-corrected chi connectivity index (χ0v) is 19.1. The Bertz CT molecular complexity index is 1190. The average Bonchev–Trinajstić information content (AvgIpc) is 3.46. The molecule has 2 saturated heterocycles. The van der Waals surface area contributed by atoms with Gasteiger partial charge in [-0.2, -0.15) is 0 Å². The molecular formula is C25H23F6NO3. The summed E-state index contributed by atoms with van der Waals surface area (Å²) in [6.45, 7) is -0.597. The summed E-state index contributed by atoms with van der Waals surface area (Å²) in [4.78, 5) is 14.6. The normalized spacial score (nSPS) is 27.5. The Balaban J connectivity index is 1.38. The zero-order valence-electron chi connectivity index (χ0n) is 19.1. The van der Waals surface area contributed by atoms with E-state index in [9.17, 15) is 26.7 Å². The van der Waals surface area contributed by atoms with Gasteiger partial charge in [0.25, 0.3) is 0 Å². The van der Waals surface area contributed by atoms with E-state index >= 15 is 4.39 Å². The molecule has 3 aliphatic rings. The highest BCUT2D eigenvalue weighted by atomic mass is 19.2. The number of ketones is 1. The van der Waals surface area contributed by atoms with Crippen LogP contribution in [0.15, 0.2) is 12.1 Å². The number of ether oxygens (including phenoxy) is 2. The molecule has 2 fully saturated rings. The van der Waals surface area contributed by atoms with Crippen LogP contribution in [0, 0.1) is 35.0 Å². The molecule has 0 radical (unpaired) electrons. The van der Waals surface area contributed by atoms with Crippen molar-refractivity contribution in [3.05, 3.63) is 57.9 Å². The second-order valence-electron chi connectivity index (χ2n) is 9.54. The maximum Gasteiger partial charge on any atom is 0.200 e. The minimum absolute atomic E-state index is 0.0276. The number of hydrogen-bond acceptors (Lipinski definition) is 4. The van der Waals surface area contributed by atoms with Gasteiger partial charge < -0.3 is 9.47 Å². The quantitative estimate of drug-likeness (QED) is 0.308. The number of benzene rings is 2. The Morgan fingerprint density at radius 1 is 0.943 bits per heavy atom. The molecule has 4 atom stereocenters. The van der Waals surface area contributed by atoms with E-state index in [1.54, 1.807) is 12.1 Å². The predicted octanol–water partition coefficient (Wildman–Crippen LogP) is 5.29. The molecule has 2 aromatic carbocycles. The van der Waals surface area contributed by atoms with Crippen molar-refractivity contribution in [3.8, 4) is 11.5 Å². The summed E-state index contributed by atoms with van der Waals surface area (Å²) >= 11 is 0. The van der Waals surface area contributed by atoms with Crippen molar-refractivity contribution in [1.82, 2.24) is 4.90 Å². The average molecular weight is 499 g/mol. The first-order valence-electron chi connectivity index (χ1n) is 11.3. The van der Waals surface area contributed by atoms with Crippen LogP contribution < -0.4 is 9.47 Å². The topological polar surface area (TPSA) is 38.8 Å². The molecule has 10 heteroatoms. The van der Waals surface area contributed by atoms with Crippen molar-refractivity contribution in [2.75, 3.05) is 14.2 Å². The predicted molar refractivity (Wildman–Crippen MR) is 113 cm³/mol. The van der Waals surface area contributed by atoms with Crippen LogP contribution in [0.2, 0.25) is 0 Å². The zero-order chi connectivity index (χ0) is 25.2. The number of alkyl halides is 1. The molecular weight excluding hydrogens is 476 g/mol. The molecule has 2 aliphatic heterocycles. The van der Waals surface area contributed by atoms with E-state index in [0.29, 0.717) is 36.3 Å². The van der Waals surface area contributed by atoms with Crippen LogP contribution in [-0.4, -0.2) is 42.7 Å². The Labute approximate surface area is 197 Å². The van der Waals surface area contributed by atoms with E-state index in [1.807, 2.05) is 0 Å². The number of carbonyl (C=O) groups excluding carboxylic acids is 1. The van der Waals surface area contributed by atoms with Gasteiger partial charge in [-0.05, 0) is 49.8 Å². The Hall–Kier alpha value is -2.75. The monoisotopic (exact) mass is 499 g/mol. The van der Waals surface area contributed by atoms with Gasteiger partial charge in [-0.3, -0.25) is 9.69 Å². The van der Waals surface area contributed by atoms with Crippen LogP contribution in [0.3, 0.4) is 0 Å². The van der Waals surface area contributed by atoms with E-state index in [4.69, 9.17) is 9.47 Å². The molecule has 2 bridgehead atoms. The second kappa shape index (κ2) is 8.43. The van der Waals surface area contributed by atoms with Gasteiger partial charge >= 0.3 is 0 Å². The summed E-state index contributed by atoms with van der Waals surface area (Å²) in [6.07, 6.45) is 1.15. The molecule has 188 valence electrons. The fourth-order valence-electron chi connectivity index (χ4n) is 6.14. The maximum atomic E-state index is 16.3. The highest BCUT2D eigenvalue weighted by molar-refractivity contribution is 6.03. The van der Waals surface area contributed by atoms with E-state index in [2.05, 4.69) is 0 Å². The van der Waals surface area contributed by atoms with Gasteiger partial charge in [0.2, 0.25) is 5.82 Å². The number of halogens is 6. The lowest BCUT2D eigenvalue weighted by atomic mass is 9.79. The van der Waals surface area contributed by atoms with Gasteiger partial charge in [0, 0.05) is 35.7 Å². The van der Waals surface area contributed by atoms with Crippen LogP contribution in [0.4, 0.5) is 26.3 Å². The third-order valence-electron chi connectivity index (χ3n) is 7.75. The summed E-state index contributed by atoms with van der Waals surface area (Å²) in [5.41, 5.74) is -1.63. The number of fused-ring (bicyclic) bond motifs is 3. The number of hydrogen-bond donors (Lipinski definition) is 0. The molecule has 0 N–H and O–H groups in total. The molecule has 0 amide bonds. The molecule has 0 saturated carbocycles. The minimum atomic E-state index is -2.22. The summed E-state index contributed by atoms with van der Waals surface area (Å²) < 4.78 is 96.2. The first kappa shape index (κ1) is 24.0. The number of nitrogens with zero attached hydrogens (tertiary/aromatic N) is 1. The standard InChI is InChI=1S/C25H23F6NO3/c1-34-16-6-11-5-12(24(33)14(11)7-17(16)35-2)8-25(31)9-13-3-4-18(25)32(13)10-15-19(26)21(28)23(30)22(29)20(15)27/h6-7,12-13,18H,3-5,8-10H2,1-2H3. The number of carbonyl (C=O) groups is 1. The van der Waals surface area contributed by atoms with Gasteiger partial charge in [-0.15, -0.1) is 0 Å². The lowest BCUT2D eigenvalue weighted by Gasteiger charge is -2.32. The fraction of sp³-hybridized carbons (Fsp3) is 0.480. The van der Waals surface area contributed by atoms with Crippen LogP contribution >= 0.6 is 0 Å². The highest BCUT2D eigenvalue weighted by Crippen LogP contribution is 2.52. The molecule has 4 nitrogen and oxygen atoms in total. The molecule has 2 aromatic rings. The van der Waals surface area contributed by atoms with Gasteiger partial charge in [0.1, 0.15) is 5.67 Å². The largest absolute Gasteiger partial charge is 0.493 e. The van der Waals surface area contributed by atoms with Crippen LogP contribution in [0.5, 0.6) is 11.5 Å². The van der Waals surface area contributed by atoms with Crippen molar-refractivity contribution in [2.24, 2.45) is 5.92 Å². The molecule has 2 heterocycles. The second-order valence-corrected chi connectivity index (χ2v) is 9.54. The highest BCUT2D eigenvalue weighted by Gasteiger charge is 2.58. The Morgan fingerprint density at radius 2 is 1.54 bits per heavy atom. The van der Waals surface area contributed by atoms with Crippen molar-refractivity contribution in [3.63, 3.8) is 0 Å². The molecule has 0 spiro atoms. The number of Topliss-reactive ketones (excluding diaryl/α,β-unsaturated/α-hetero) is 1. The summed E-state index contributed by atoms with van der Waals surface area (Å²) in [5, 5.41) is 0. The Kier molecular flexibility index (Phi) is 5.77. The van der Waals surface area contributed by atoms with E-state index in [1.165, 1.54) is 19.1 Å². The third kappa shape index (κ3) is 3.59.